The molecule has 2 aliphatic rings. The standard InChI is InChI=1S/C5H11N3/c1-2-7-8-4-5(1)3-6-5/h6-8H,1-4H2. The van der Waals surface area contributed by atoms with E-state index in [0.717, 1.165) is 13.1 Å². The summed E-state index contributed by atoms with van der Waals surface area (Å²) in [6.45, 7) is 3.40. The van der Waals surface area contributed by atoms with Crippen LogP contribution >= 0.6 is 0 Å². The van der Waals surface area contributed by atoms with Crippen LogP contribution in [0.15, 0.2) is 0 Å². The lowest BCUT2D eigenvalue weighted by atomic mass is 10.1. The van der Waals surface area contributed by atoms with Crippen LogP contribution in [0, 0.1) is 0 Å². The molecule has 0 saturated carbocycles. The van der Waals surface area contributed by atoms with E-state index in [-0.39, 0.29) is 0 Å². The summed E-state index contributed by atoms with van der Waals surface area (Å²) < 4.78 is 0. The Morgan fingerprint density at radius 3 is 2.38 bits per heavy atom. The fourth-order valence-corrected chi connectivity index (χ4v) is 1.14. The molecule has 0 aliphatic carbocycles. The van der Waals surface area contributed by atoms with E-state index in [0.29, 0.717) is 5.54 Å². The summed E-state index contributed by atoms with van der Waals surface area (Å²) in [6, 6.07) is 0. The molecule has 1 atom stereocenters. The molecule has 2 fully saturated rings. The van der Waals surface area contributed by atoms with Gasteiger partial charge >= 0.3 is 0 Å². The van der Waals surface area contributed by atoms with Crippen molar-refractivity contribution in [3.63, 3.8) is 0 Å². The highest BCUT2D eigenvalue weighted by atomic mass is 15.4. The van der Waals surface area contributed by atoms with Crippen LogP contribution < -0.4 is 16.2 Å². The minimum absolute atomic E-state index is 0.505. The van der Waals surface area contributed by atoms with E-state index in [1.165, 1.54) is 13.0 Å². The molecular formula is C5H11N3. The van der Waals surface area contributed by atoms with Crippen LogP contribution in [0.2, 0.25) is 0 Å². The fourth-order valence-electron chi connectivity index (χ4n) is 1.14. The summed E-state index contributed by atoms with van der Waals surface area (Å²) in [7, 11) is 0. The molecule has 8 heavy (non-hydrogen) atoms. The maximum Gasteiger partial charge on any atom is 0.0459 e. The van der Waals surface area contributed by atoms with E-state index in [2.05, 4.69) is 16.2 Å². The summed E-state index contributed by atoms with van der Waals surface area (Å²) in [4.78, 5) is 0. The van der Waals surface area contributed by atoms with Crippen LogP contribution in [0.1, 0.15) is 6.42 Å². The summed E-state index contributed by atoms with van der Waals surface area (Å²) in [5.74, 6) is 0. The molecule has 2 aliphatic heterocycles. The van der Waals surface area contributed by atoms with Crippen molar-refractivity contribution in [1.29, 1.82) is 0 Å². The second kappa shape index (κ2) is 1.43. The smallest absolute Gasteiger partial charge is 0.0459 e. The largest absolute Gasteiger partial charge is 0.307 e. The second-order valence-corrected chi connectivity index (χ2v) is 2.66. The molecule has 2 rings (SSSR count). The number of hydrogen-bond donors (Lipinski definition) is 3. The van der Waals surface area contributed by atoms with E-state index in [1.807, 2.05) is 0 Å². The van der Waals surface area contributed by atoms with Gasteiger partial charge < -0.3 is 5.32 Å². The highest BCUT2D eigenvalue weighted by Crippen LogP contribution is 2.20. The van der Waals surface area contributed by atoms with Crippen molar-refractivity contribution in [2.45, 2.75) is 12.0 Å². The molecule has 0 amide bonds. The molecule has 2 heterocycles. The van der Waals surface area contributed by atoms with E-state index in [9.17, 15) is 0 Å². The lowest BCUT2D eigenvalue weighted by molar-refractivity contribution is 0.377. The van der Waals surface area contributed by atoms with Gasteiger partial charge in [-0.2, -0.15) is 0 Å². The zero-order chi connectivity index (χ0) is 5.45. The topological polar surface area (TPSA) is 46.0 Å². The SMILES string of the molecule is C1CC2(CNN1)CN2. The van der Waals surface area contributed by atoms with E-state index < -0.39 is 0 Å². The van der Waals surface area contributed by atoms with Gasteiger partial charge in [0.15, 0.2) is 0 Å². The summed E-state index contributed by atoms with van der Waals surface area (Å²) >= 11 is 0. The Kier molecular flexibility index (Phi) is 0.848. The van der Waals surface area contributed by atoms with Gasteiger partial charge in [-0.05, 0) is 6.42 Å². The molecule has 3 nitrogen and oxygen atoms in total. The quantitative estimate of drug-likeness (QED) is 0.347. The van der Waals surface area contributed by atoms with Crippen LogP contribution in [-0.4, -0.2) is 25.2 Å². The van der Waals surface area contributed by atoms with Crippen LogP contribution in [0.25, 0.3) is 0 Å². The normalized spacial score (nSPS) is 45.0. The Labute approximate surface area is 48.8 Å². The van der Waals surface area contributed by atoms with Gasteiger partial charge in [0.05, 0.1) is 0 Å². The van der Waals surface area contributed by atoms with Gasteiger partial charge in [0.1, 0.15) is 0 Å². The van der Waals surface area contributed by atoms with Gasteiger partial charge in [-0.1, -0.05) is 0 Å². The third kappa shape index (κ3) is 0.632. The van der Waals surface area contributed by atoms with E-state index in [4.69, 9.17) is 0 Å². The number of nitrogens with one attached hydrogen (secondary N) is 3. The van der Waals surface area contributed by atoms with Crippen molar-refractivity contribution < 1.29 is 0 Å². The van der Waals surface area contributed by atoms with Gasteiger partial charge in [-0.15, -0.1) is 0 Å². The molecule has 0 aromatic rings. The average molecular weight is 113 g/mol. The second-order valence-electron chi connectivity index (χ2n) is 2.66. The molecule has 0 bridgehead atoms. The molecule has 1 spiro atoms. The van der Waals surface area contributed by atoms with Crippen molar-refractivity contribution in [2.24, 2.45) is 0 Å². The number of rotatable bonds is 0. The van der Waals surface area contributed by atoms with Crippen molar-refractivity contribution in [2.75, 3.05) is 19.6 Å². The first kappa shape index (κ1) is 4.73. The van der Waals surface area contributed by atoms with Crippen molar-refractivity contribution in [3.05, 3.63) is 0 Å². The molecule has 2 saturated heterocycles. The highest BCUT2D eigenvalue weighted by molar-refractivity contribution is 5.06. The maximum atomic E-state index is 3.35. The summed E-state index contributed by atoms with van der Waals surface area (Å²) in [6.07, 6.45) is 1.28. The minimum Gasteiger partial charge on any atom is -0.307 e. The van der Waals surface area contributed by atoms with Crippen LogP contribution in [-0.2, 0) is 0 Å². The first-order valence-electron chi connectivity index (χ1n) is 3.12. The van der Waals surface area contributed by atoms with E-state index in [1.54, 1.807) is 0 Å². The zero-order valence-electron chi connectivity index (χ0n) is 4.83. The van der Waals surface area contributed by atoms with Gasteiger partial charge in [0.2, 0.25) is 0 Å². The van der Waals surface area contributed by atoms with Gasteiger partial charge in [-0.3, -0.25) is 10.9 Å². The summed E-state index contributed by atoms with van der Waals surface area (Å²) in [5.41, 5.74) is 6.72. The van der Waals surface area contributed by atoms with E-state index >= 15 is 0 Å². The predicted octanol–water partition coefficient (Wildman–Crippen LogP) is -1.17. The highest BCUT2D eigenvalue weighted by Gasteiger charge is 2.42. The average Bonchev–Trinajstić information content (AvgIpc) is 2.52. The van der Waals surface area contributed by atoms with Gasteiger partial charge in [-0.25, -0.2) is 0 Å². The van der Waals surface area contributed by atoms with Crippen LogP contribution in [0.4, 0.5) is 0 Å². The molecular weight excluding hydrogens is 102 g/mol. The molecule has 3 N–H and O–H groups in total. The first-order chi connectivity index (χ1) is 3.91. The molecule has 46 valence electrons. The molecule has 1 unspecified atom stereocenters. The molecule has 3 heteroatoms. The van der Waals surface area contributed by atoms with Crippen molar-refractivity contribution >= 4 is 0 Å². The van der Waals surface area contributed by atoms with Gasteiger partial charge in [0, 0.05) is 25.2 Å². The third-order valence-corrected chi connectivity index (χ3v) is 1.96. The Balaban J connectivity index is 1.95. The minimum atomic E-state index is 0.505. The predicted molar refractivity (Wildman–Crippen MR) is 31.4 cm³/mol. The molecule has 0 radical (unpaired) electrons. The van der Waals surface area contributed by atoms with Crippen LogP contribution in [0.3, 0.4) is 0 Å². The third-order valence-electron chi connectivity index (χ3n) is 1.96. The Hall–Kier alpha value is -0.120. The monoisotopic (exact) mass is 113 g/mol. The fraction of sp³-hybridized carbons (Fsp3) is 1.00. The lowest BCUT2D eigenvalue weighted by Gasteiger charge is -2.20. The van der Waals surface area contributed by atoms with Crippen molar-refractivity contribution in [1.82, 2.24) is 16.2 Å². The number of hydrazine groups is 1. The molecule has 0 aromatic carbocycles. The maximum absolute atomic E-state index is 3.35. The zero-order valence-corrected chi connectivity index (χ0v) is 4.83. The van der Waals surface area contributed by atoms with Crippen LogP contribution in [0.5, 0.6) is 0 Å². The first-order valence-corrected chi connectivity index (χ1v) is 3.12. The summed E-state index contributed by atoms with van der Waals surface area (Å²) in [5, 5.41) is 3.35. The Bertz CT molecular complexity index is 89.8. The Morgan fingerprint density at radius 2 is 2.00 bits per heavy atom. The molecule has 0 aromatic heterocycles. The van der Waals surface area contributed by atoms with Gasteiger partial charge in [0.25, 0.3) is 0 Å². The number of hydrogen-bond acceptors (Lipinski definition) is 3. The van der Waals surface area contributed by atoms with Crippen molar-refractivity contribution in [3.8, 4) is 0 Å². The Morgan fingerprint density at radius 1 is 1.12 bits per heavy atom. The lowest BCUT2D eigenvalue weighted by Crippen LogP contribution is -2.48.